The number of allylic oxidation sites excluding steroid dienone is 1. The van der Waals surface area contributed by atoms with Gasteiger partial charge in [-0.3, -0.25) is 0 Å². The van der Waals surface area contributed by atoms with E-state index in [1.807, 2.05) is 109 Å². The second-order valence-electron chi connectivity index (χ2n) is 15.4. The van der Waals surface area contributed by atoms with E-state index in [1.165, 1.54) is 17.2 Å². The number of carbonyl (C=O) groups is 3. The van der Waals surface area contributed by atoms with E-state index in [9.17, 15) is 14.4 Å². The van der Waals surface area contributed by atoms with Crippen molar-refractivity contribution in [2.45, 2.75) is 64.2 Å². The maximum absolute atomic E-state index is 13.0. The first kappa shape index (κ1) is 46.1. The molecule has 9 nitrogen and oxygen atoms in total. The Labute approximate surface area is 375 Å². The van der Waals surface area contributed by atoms with Gasteiger partial charge in [-0.1, -0.05) is 99.7 Å². The molecule has 0 fully saturated rings. The van der Waals surface area contributed by atoms with Crippen LogP contribution in [0.1, 0.15) is 94.3 Å². The van der Waals surface area contributed by atoms with Gasteiger partial charge in [0.1, 0.15) is 17.3 Å². The van der Waals surface area contributed by atoms with E-state index in [1.54, 1.807) is 30.6 Å². The summed E-state index contributed by atoms with van der Waals surface area (Å²) >= 11 is 0. The molecule has 6 rings (SSSR count). The molecular formula is C55H54N2O7. The van der Waals surface area contributed by atoms with Gasteiger partial charge in [-0.05, 0) is 155 Å². The summed E-state index contributed by atoms with van der Waals surface area (Å²) in [6.45, 7) is 11.9. The minimum atomic E-state index is -0.412. The molecule has 9 heteroatoms. The zero-order valence-corrected chi connectivity index (χ0v) is 36.2. The van der Waals surface area contributed by atoms with Gasteiger partial charge in [-0.2, -0.15) is 10.2 Å². The average Bonchev–Trinajstić information content (AvgIpc) is 3.32. The zero-order valence-electron chi connectivity index (χ0n) is 36.2. The Balaban J connectivity index is 0.926. The highest BCUT2D eigenvalue weighted by molar-refractivity contribution is 5.98. The van der Waals surface area contributed by atoms with Gasteiger partial charge in [0.15, 0.2) is 0 Å². The summed E-state index contributed by atoms with van der Waals surface area (Å²) in [7, 11) is 0. The normalized spacial score (nSPS) is 11.2. The van der Waals surface area contributed by atoms with Crippen LogP contribution in [0.15, 0.2) is 169 Å². The van der Waals surface area contributed by atoms with Crippen LogP contribution in [0.25, 0.3) is 21.5 Å². The van der Waals surface area contributed by atoms with Crippen molar-refractivity contribution in [3.63, 3.8) is 0 Å². The molecule has 0 aromatic heterocycles. The van der Waals surface area contributed by atoms with Gasteiger partial charge in [-0.15, -0.1) is 0 Å². The molecule has 6 aromatic rings. The van der Waals surface area contributed by atoms with E-state index in [4.69, 9.17) is 18.9 Å². The fraction of sp³-hybridized carbons (Fsp3) is 0.218. The molecule has 0 unspecified atom stereocenters. The van der Waals surface area contributed by atoms with Crippen LogP contribution >= 0.6 is 0 Å². The summed E-state index contributed by atoms with van der Waals surface area (Å²) in [4.78, 5) is 37.0. The van der Waals surface area contributed by atoms with Crippen LogP contribution in [0.2, 0.25) is 0 Å². The van der Waals surface area contributed by atoms with Crippen LogP contribution in [0, 0.1) is 0 Å². The molecule has 0 atom stereocenters. The van der Waals surface area contributed by atoms with Crippen molar-refractivity contribution in [3.05, 3.63) is 192 Å². The second kappa shape index (κ2) is 24.3. The number of unbranched alkanes of at least 4 members (excludes halogenated alkanes) is 6. The molecule has 0 saturated heterocycles. The van der Waals surface area contributed by atoms with E-state index in [0.29, 0.717) is 41.6 Å². The van der Waals surface area contributed by atoms with E-state index >= 15 is 0 Å². The Morgan fingerprint density at radius 2 is 0.938 bits per heavy atom. The highest BCUT2D eigenvalue weighted by Gasteiger charge is 2.12. The van der Waals surface area contributed by atoms with Gasteiger partial charge in [0.25, 0.3) is 0 Å². The number of ether oxygens (including phenoxy) is 4. The van der Waals surface area contributed by atoms with Gasteiger partial charge in [0.05, 0.1) is 36.8 Å². The zero-order chi connectivity index (χ0) is 44.9. The fourth-order valence-electron chi connectivity index (χ4n) is 6.98. The number of hydrogen-bond acceptors (Lipinski definition) is 9. The van der Waals surface area contributed by atoms with E-state index in [-0.39, 0.29) is 5.97 Å². The third-order valence-electron chi connectivity index (χ3n) is 10.6. The number of rotatable bonds is 24. The number of hydrogen-bond donors (Lipinski definition) is 0. The van der Waals surface area contributed by atoms with Crippen LogP contribution in [-0.2, 0) is 27.1 Å². The SMILES string of the molecule is C=CC(=C)OCCCCCc1ccc(OC(=O)c2ccc3cc(/C=N/N=C/c4ccc5cc(OC(=O)c6ccc(CCCCCCCOC(=O)C=C)cc6)ccc5c4)ccc3c2)cc1. The Bertz CT molecular complexity index is 2630. The van der Waals surface area contributed by atoms with Crippen molar-refractivity contribution in [2.24, 2.45) is 10.2 Å². The molecule has 0 heterocycles. The third-order valence-corrected chi connectivity index (χ3v) is 10.6. The maximum Gasteiger partial charge on any atom is 0.343 e. The summed E-state index contributed by atoms with van der Waals surface area (Å²) in [5.74, 6) is 0.385. The molecule has 0 radical (unpaired) electrons. The minimum absolute atomic E-state index is 0.374. The molecule has 0 N–H and O–H groups in total. The molecule has 0 bridgehead atoms. The molecule has 0 aliphatic rings. The number of fused-ring (bicyclic) bond motifs is 2. The number of aryl methyl sites for hydroxylation is 2. The Kier molecular flexibility index (Phi) is 17.5. The van der Waals surface area contributed by atoms with Gasteiger partial charge in [0, 0.05) is 6.08 Å². The van der Waals surface area contributed by atoms with Crippen LogP contribution in [0.3, 0.4) is 0 Å². The Hall–Kier alpha value is -7.39. The van der Waals surface area contributed by atoms with E-state index < -0.39 is 11.9 Å². The van der Waals surface area contributed by atoms with E-state index in [2.05, 4.69) is 29.9 Å². The quantitative estimate of drug-likeness (QED) is 0.00870. The van der Waals surface area contributed by atoms with Crippen LogP contribution in [-0.4, -0.2) is 43.6 Å². The lowest BCUT2D eigenvalue weighted by Gasteiger charge is -2.08. The van der Waals surface area contributed by atoms with Gasteiger partial charge >= 0.3 is 17.9 Å². The monoisotopic (exact) mass is 854 g/mol. The first-order valence-electron chi connectivity index (χ1n) is 21.8. The smallest absolute Gasteiger partial charge is 0.343 e. The predicted molar refractivity (Wildman–Crippen MR) is 257 cm³/mol. The largest absolute Gasteiger partial charge is 0.494 e. The maximum atomic E-state index is 13.0. The van der Waals surface area contributed by atoms with Crippen molar-refractivity contribution >= 4 is 51.9 Å². The second-order valence-corrected chi connectivity index (χ2v) is 15.4. The summed E-state index contributed by atoms with van der Waals surface area (Å²) < 4.78 is 21.8. The third kappa shape index (κ3) is 14.6. The highest BCUT2D eigenvalue weighted by Crippen LogP contribution is 2.24. The lowest BCUT2D eigenvalue weighted by Crippen LogP contribution is -2.08. The average molecular weight is 855 g/mol. The van der Waals surface area contributed by atoms with Gasteiger partial charge < -0.3 is 18.9 Å². The number of benzene rings is 6. The molecule has 326 valence electrons. The van der Waals surface area contributed by atoms with Crippen LogP contribution in [0.4, 0.5) is 0 Å². The molecule has 0 saturated carbocycles. The molecular weight excluding hydrogens is 801 g/mol. The van der Waals surface area contributed by atoms with Crippen molar-refractivity contribution in [1.82, 2.24) is 0 Å². The van der Waals surface area contributed by atoms with Crippen molar-refractivity contribution in [2.75, 3.05) is 13.2 Å². The summed E-state index contributed by atoms with van der Waals surface area (Å²) in [6.07, 6.45) is 16.2. The Morgan fingerprint density at radius 3 is 1.58 bits per heavy atom. The number of esters is 3. The molecule has 0 aliphatic carbocycles. The molecule has 0 aliphatic heterocycles. The minimum Gasteiger partial charge on any atom is -0.494 e. The van der Waals surface area contributed by atoms with Crippen molar-refractivity contribution < 1.29 is 33.3 Å². The summed E-state index contributed by atoms with van der Waals surface area (Å²) in [5, 5.41) is 12.3. The molecule has 64 heavy (non-hydrogen) atoms. The lowest BCUT2D eigenvalue weighted by atomic mass is 10.0. The predicted octanol–water partition coefficient (Wildman–Crippen LogP) is 12.5. The van der Waals surface area contributed by atoms with Gasteiger partial charge in [0.2, 0.25) is 0 Å². The highest BCUT2D eigenvalue weighted by atomic mass is 16.5. The van der Waals surface area contributed by atoms with Crippen LogP contribution in [0.5, 0.6) is 11.5 Å². The lowest BCUT2D eigenvalue weighted by molar-refractivity contribution is -0.137. The summed E-state index contributed by atoms with van der Waals surface area (Å²) in [5.41, 5.74) is 5.07. The first-order valence-corrected chi connectivity index (χ1v) is 21.8. The molecule has 0 amide bonds. The number of carbonyl (C=O) groups excluding carboxylic acids is 3. The molecule has 0 spiro atoms. The van der Waals surface area contributed by atoms with Gasteiger partial charge in [-0.25, -0.2) is 14.4 Å². The molecule has 6 aromatic carbocycles. The number of nitrogens with zero attached hydrogens (tertiary/aromatic N) is 2. The first-order chi connectivity index (χ1) is 31.3. The standard InChI is InChI=1S/C55H54N2O7/c1-4-40(3)61-32-13-9-11-15-42-20-29-51(30-21-42)63-55(60)50-27-26-46-34-43(18-24-48(46)36-50)38-56-57-39-44-19-25-49-37-52(31-28-47(49)35-44)64-54(59)45-22-16-41(17-23-45)14-10-7-6-8-12-33-62-53(58)5-2/h4-5,16-31,34-39H,1-3,6-15,32-33H2/b56-38+,57-39+. The van der Waals surface area contributed by atoms with Crippen molar-refractivity contribution in [3.8, 4) is 11.5 Å². The Morgan fingerprint density at radius 1 is 0.469 bits per heavy atom. The van der Waals surface area contributed by atoms with Crippen LogP contribution < -0.4 is 9.47 Å². The summed E-state index contributed by atoms with van der Waals surface area (Å²) in [6, 6.07) is 38.0. The fourth-order valence-corrected chi connectivity index (χ4v) is 6.98. The van der Waals surface area contributed by atoms with E-state index in [0.717, 1.165) is 96.9 Å². The van der Waals surface area contributed by atoms with Crippen molar-refractivity contribution in [1.29, 1.82) is 0 Å². The topological polar surface area (TPSA) is 113 Å².